The number of hydrogen-bond donors (Lipinski definition) is 3. The molecule has 4 aromatic rings. The maximum Gasteiger partial charge on any atom is 0.265 e. The van der Waals surface area contributed by atoms with Crippen molar-refractivity contribution in [3.63, 3.8) is 0 Å². The van der Waals surface area contributed by atoms with Gasteiger partial charge < -0.3 is 10.6 Å². The lowest BCUT2D eigenvalue weighted by Crippen LogP contribution is -2.18. The van der Waals surface area contributed by atoms with Crippen LogP contribution >= 0.6 is 22.7 Å². The van der Waals surface area contributed by atoms with Gasteiger partial charge in [-0.05, 0) is 41.8 Å². The summed E-state index contributed by atoms with van der Waals surface area (Å²) in [4.78, 5) is 42.3. The predicted molar refractivity (Wildman–Crippen MR) is 123 cm³/mol. The zero-order valence-corrected chi connectivity index (χ0v) is 17.6. The molecule has 0 aliphatic heterocycles. The molecule has 3 N–H and O–H groups in total. The lowest BCUT2D eigenvalue weighted by molar-refractivity contribution is 0.101. The summed E-state index contributed by atoms with van der Waals surface area (Å²) in [5.41, 5.74) is 1.53. The highest BCUT2D eigenvalue weighted by atomic mass is 32.1. The Morgan fingerprint density at radius 1 is 0.742 bits per heavy atom. The fourth-order valence-electron chi connectivity index (χ4n) is 2.77. The summed E-state index contributed by atoms with van der Waals surface area (Å²) in [6, 6.07) is 16.8. The van der Waals surface area contributed by atoms with Crippen molar-refractivity contribution in [2.24, 2.45) is 0 Å². The van der Waals surface area contributed by atoms with Gasteiger partial charge >= 0.3 is 0 Å². The van der Waals surface area contributed by atoms with Crippen LogP contribution in [0.15, 0.2) is 77.6 Å². The number of anilines is 3. The van der Waals surface area contributed by atoms with Crippen LogP contribution in [0.25, 0.3) is 0 Å². The first kappa shape index (κ1) is 20.5. The van der Waals surface area contributed by atoms with E-state index in [9.17, 15) is 14.4 Å². The molecule has 2 heterocycles. The highest BCUT2D eigenvalue weighted by Gasteiger charge is 2.16. The molecule has 0 aliphatic carbocycles. The molecule has 154 valence electrons. The van der Waals surface area contributed by atoms with Crippen LogP contribution in [0.2, 0.25) is 0 Å². The molecule has 9 heteroatoms. The molecule has 0 saturated heterocycles. The zero-order valence-electron chi connectivity index (χ0n) is 16.0. The fourth-order valence-corrected chi connectivity index (χ4v) is 3.92. The smallest absolute Gasteiger partial charge is 0.265 e. The second-order valence-electron chi connectivity index (χ2n) is 6.30. The number of nitrogens with zero attached hydrogens (tertiary/aromatic N) is 1. The molecule has 0 atom stereocenters. The Bertz CT molecular complexity index is 1220. The fraction of sp³-hybridized carbons (Fsp3) is 0. The van der Waals surface area contributed by atoms with Gasteiger partial charge in [0, 0.05) is 22.8 Å². The van der Waals surface area contributed by atoms with Crippen molar-refractivity contribution in [2.75, 3.05) is 16.0 Å². The maximum atomic E-state index is 12.8. The second kappa shape index (κ2) is 9.33. The Kier molecular flexibility index (Phi) is 6.16. The van der Waals surface area contributed by atoms with E-state index in [0.29, 0.717) is 32.5 Å². The number of thiophene rings is 1. The van der Waals surface area contributed by atoms with Crippen molar-refractivity contribution in [2.45, 2.75) is 0 Å². The van der Waals surface area contributed by atoms with Gasteiger partial charge in [-0.25, -0.2) is 4.98 Å². The molecule has 0 saturated carbocycles. The summed E-state index contributed by atoms with van der Waals surface area (Å²) in [5.74, 6) is -1.01. The van der Waals surface area contributed by atoms with Crippen LogP contribution in [0.4, 0.5) is 16.5 Å². The van der Waals surface area contributed by atoms with Gasteiger partial charge in [0.15, 0.2) is 5.13 Å². The lowest BCUT2D eigenvalue weighted by Gasteiger charge is -2.11. The SMILES string of the molecule is O=C(Nc1ccccc1C(=O)Nc1nccs1)c1cccc(NC(=O)c2cccs2)c1. The van der Waals surface area contributed by atoms with Crippen LogP contribution in [0.1, 0.15) is 30.4 Å². The van der Waals surface area contributed by atoms with Crippen molar-refractivity contribution in [3.05, 3.63) is 93.6 Å². The van der Waals surface area contributed by atoms with E-state index in [0.717, 1.165) is 0 Å². The minimum absolute atomic E-state index is 0.239. The third-order valence-electron chi connectivity index (χ3n) is 4.20. The molecule has 3 amide bonds. The van der Waals surface area contributed by atoms with E-state index < -0.39 is 5.91 Å². The number of hydrogen-bond acceptors (Lipinski definition) is 6. The Hall–Kier alpha value is -3.82. The third kappa shape index (κ3) is 5.03. The molecule has 0 spiro atoms. The average molecular weight is 449 g/mol. The van der Waals surface area contributed by atoms with Gasteiger partial charge in [-0.2, -0.15) is 0 Å². The van der Waals surface area contributed by atoms with Gasteiger partial charge in [-0.1, -0.05) is 24.3 Å². The summed E-state index contributed by atoms with van der Waals surface area (Å²) >= 11 is 2.64. The van der Waals surface area contributed by atoms with E-state index >= 15 is 0 Å². The first-order valence-corrected chi connectivity index (χ1v) is 10.9. The molecule has 7 nitrogen and oxygen atoms in total. The molecule has 31 heavy (non-hydrogen) atoms. The Morgan fingerprint density at radius 3 is 2.39 bits per heavy atom. The van der Waals surface area contributed by atoms with Gasteiger partial charge in [-0.15, -0.1) is 22.7 Å². The van der Waals surface area contributed by atoms with E-state index in [-0.39, 0.29) is 11.8 Å². The van der Waals surface area contributed by atoms with Crippen molar-refractivity contribution in [3.8, 4) is 0 Å². The third-order valence-corrected chi connectivity index (χ3v) is 5.76. The molecule has 0 unspecified atom stereocenters. The van der Waals surface area contributed by atoms with Crippen LogP contribution in [0, 0.1) is 0 Å². The Balaban J connectivity index is 1.49. The Morgan fingerprint density at radius 2 is 1.61 bits per heavy atom. The molecular weight excluding hydrogens is 432 g/mol. The molecule has 0 radical (unpaired) electrons. The van der Waals surface area contributed by atoms with Crippen LogP contribution in [-0.4, -0.2) is 22.7 Å². The molecule has 0 fully saturated rings. The first-order chi connectivity index (χ1) is 15.1. The lowest BCUT2D eigenvalue weighted by atomic mass is 10.1. The van der Waals surface area contributed by atoms with Crippen LogP contribution in [-0.2, 0) is 0 Å². The normalized spacial score (nSPS) is 10.3. The summed E-state index contributed by atoms with van der Waals surface area (Å²) in [6.45, 7) is 0. The van der Waals surface area contributed by atoms with Crippen LogP contribution in [0.3, 0.4) is 0 Å². The molecule has 0 bridgehead atoms. The first-order valence-electron chi connectivity index (χ1n) is 9.16. The average Bonchev–Trinajstić information content (AvgIpc) is 3.49. The van der Waals surface area contributed by atoms with Crippen molar-refractivity contribution in [1.29, 1.82) is 0 Å². The molecular formula is C22H16N4O3S2. The van der Waals surface area contributed by atoms with Crippen molar-refractivity contribution in [1.82, 2.24) is 4.98 Å². The standard InChI is InChI=1S/C22H16N4O3S2/c27-19(14-5-3-6-15(13-14)24-21(29)18-9-4-11-30-18)25-17-8-2-1-7-16(17)20(28)26-22-23-10-12-31-22/h1-13H,(H,24,29)(H,25,27)(H,23,26,28). The minimum Gasteiger partial charge on any atom is -0.321 e. The molecule has 2 aromatic carbocycles. The molecule has 2 aromatic heterocycles. The number of rotatable bonds is 6. The van der Waals surface area contributed by atoms with Gasteiger partial charge in [0.25, 0.3) is 17.7 Å². The zero-order chi connectivity index (χ0) is 21.6. The number of nitrogens with one attached hydrogen (secondary N) is 3. The summed E-state index contributed by atoms with van der Waals surface area (Å²) < 4.78 is 0. The minimum atomic E-state index is -0.401. The number of amides is 3. The number of carbonyl (C=O) groups is 3. The summed E-state index contributed by atoms with van der Waals surface area (Å²) in [6.07, 6.45) is 1.60. The topological polar surface area (TPSA) is 100 Å². The number of para-hydroxylation sites is 1. The largest absolute Gasteiger partial charge is 0.321 e. The number of thiazole rings is 1. The second-order valence-corrected chi connectivity index (χ2v) is 8.15. The van der Waals surface area contributed by atoms with Crippen molar-refractivity contribution < 1.29 is 14.4 Å². The maximum absolute atomic E-state index is 12.8. The van der Waals surface area contributed by atoms with Gasteiger partial charge in [-0.3, -0.25) is 19.7 Å². The molecule has 4 rings (SSSR count). The summed E-state index contributed by atoms with van der Waals surface area (Å²) in [7, 11) is 0. The summed E-state index contributed by atoms with van der Waals surface area (Å²) in [5, 5.41) is 12.3. The van der Waals surface area contributed by atoms with E-state index in [1.165, 1.54) is 22.7 Å². The van der Waals surface area contributed by atoms with Gasteiger partial charge in [0.2, 0.25) is 0 Å². The number of carbonyl (C=O) groups excluding carboxylic acids is 3. The highest BCUT2D eigenvalue weighted by molar-refractivity contribution is 7.13. The quantitative estimate of drug-likeness (QED) is 0.388. The van der Waals surface area contributed by atoms with E-state index in [4.69, 9.17) is 0 Å². The Labute approximate surface area is 185 Å². The van der Waals surface area contributed by atoms with Crippen LogP contribution < -0.4 is 16.0 Å². The van der Waals surface area contributed by atoms with Crippen LogP contribution in [0.5, 0.6) is 0 Å². The van der Waals surface area contributed by atoms with E-state index in [1.807, 2.05) is 5.38 Å². The van der Waals surface area contributed by atoms with E-state index in [2.05, 4.69) is 20.9 Å². The number of aromatic nitrogens is 1. The highest BCUT2D eigenvalue weighted by Crippen LogP contribution is 2.20. The number of benzene rings is 2. The van der Waals surface area contributed by atoms with Crippen molar-refractivity contribution >= 4 is 56.9 Å². The van der Waals surface area contributed by atoms with Gasteiger partial charge in [0.05, 0.1) is 16.1 Å². The predicted octanol–water partition coefficient (Wildman–Crippen LogP) is 4.96. The monoisotopic (exact) mass is 448 g/mol. The van der Waals surface area contributed by atoms with E-state index in [1.54, 1.807) is 72.2 Å². The molecule has 0 aliphatic rings. The van der Waals surface area contributed by atoms with Gasteiger partial charge in [0.1, 0.15) is 0 Å².